The molecule has 0 aliphatic rings. The van der Waals surface area contributed by atoms with Gasteiger partial charge in [-0.15, -0.1) is 0 Å². The summed E-state index contributed by atoms with van der Waals surface area (Å²) in [6.07, 6.45) is 4.24. The molecule has 8 heteroatoms. The minimum Gasteiger partial charge on any atom is -0.497 e. The van der Waals surface area contributed by atoms with Gasteiger partial charge >= 0.3 is 0 Å². The molecule has 0 fully saturated rings. The molecular formula is C38H39N7O. The lowest BCUT2D eigenvalue weighted by molar-refractivity contribution is 0.414. The average Bonchev–Trinajstić information content (AvgIpc) is 3.75. The zero-order valence-corrected chi connectivity index (χ0v) is 27.3. The minimum absolute atomic E-state index is 0.274. The lowest BCUT2D eigenvalue weighted by Gasteiger charge is -2.11. The topological polar surface area (TPSA) is 75.6 Å². The third-order valence-electron chi connectivity index (χ3n) is 8.86. The number of rotatable bonds is 9. The highest BCUT2D eigenvalue weighted by Crippen LogP contribution is 2.37. The second kappa shape index (κ2) is 11.9. The molecular weight excluding hydrogens is 570 g/mol. The maximum Gasteiger partial charge on any atom is 0.181 e. The first-order valence-corrected chi connectivity index (χ1v) is 15.9. The van der Waals surface area contributed by atoms with Crippen LogP contribution < -0.4 is 4.74 Å². The Hall–Kier alpha value is -5.24. The number of methoxy groups -OCH3 is 1. The van der Waals surface area contributed by atoms with Crippen molar-refractivity contribution < 1.29 is 4.74 Å². The summed E-state index contributed by atoms with van der Waals surface area (Å²) in [5.74, 6) is 1.46. The van der Waals surface area contributed by atoms with Gasteiger partial charge in [-0.05, 0) is 55.2 Å². The second-order valence-electron chi connectivity index (χ2n) is 12.5. The molecule has 232 valence electrons. The first kappa shape index (κ1) is 29.5. The third kappa shape index (κ3) is 5.44. The molecule has 3 aromatic carbocycles. The molecule has 0 bridgehead atoms. The van der Waals surface area contributed by atoms with Crippen LogP contribution in [0.3, 0.4) is 0 Å². The van der Waals surface area contributed by atoms with Gasteiger partial charge in [0.15, 0.2) is 5.65 Å². The second-order valence-corrected chi connectivity index (χ2v) is 12.5. The van der Waals surface area contributed by atoms with Crippen LogP contribution in [0.1, 0.15) is 60.7 Å². The normalized spacial score (nSPS) is 12.4. The summed E-state index contributed by atoms with van der Waals surface area (Å²) in [6.45, 7) is 12.4. The fourth-order valence-electron chi connectivity index (χ4n) is 6.50. The van der Waals surface area contributed by atoms with Crippen molar-refractivity contribution in [2.45, 2.75) is 59.5 Å². The molecule has 4 aromatic heterocycles. The van der Waals surface area contributed by atoms with E-state index in [4.69, 9.17) is 25.0 Å². The number of hydrogen-bond donors (Lipinski definition) is 0. The van der Waals surface area contributed by atoms with Gasteiger partial charge in [0.2, 0.25) is 0 Å². The zero-order valence-electron chi connectivity index (χ0n) is 27.3. The van der Waals surface area contributed by atoms with Crippen LogP contribution in [-0.2, 0) is 13.1 Å². The van der Waals surface area contributed by atoms with E-state index in [1.165, 1.54) is 11.1 Å². The van der Waals surface area contributed by atoms with E-state index in [2.05, 4.69) is 116 Å². The predicted molar refractivity (Wildman–Crippen MR) is 184 cm³/mol. The molecule has 46 heavy (non-hydrogen) atoms. The summed E-state index contributed by atoms with van der Waals surface area (Å²) in [7, 11) is 1.68. The number of ether oxygens (including phenoxy) is 1. The molecule has 0 saturated carbocycles. The Kier molecular flexibility index (Phi) is 7.64. The number of benzene rings is 3. The van der Waals surface area contributed by atoms with Crippen molar-refractivity contribution >= 4 is 21.9 Å². The van der Waals surface area contributed by atoms with E-state index in [0.717, 1.165) is 68.1 Å². The van der Waals surface area contributed by atoms with Crippen LogP contribution in [0.5, 0.6) is 5.75 Å². The molecule has 7 aromatic rings. The first-order chi connectivity index (χ1) is 22.3. The van der Waals surface area contributed by atoms with Crippen molar-refractivity contribution in [3.8, 4) is 22.7 Å². The number of aryl methyl sites for hydroxylation is 1. The fraction of sp³-hybridized carbons (Fsp3) is 0.263. The van der Waals surface area contributed by atoms with Gasteiger partial charge < -0.3 is 4.74 Å². The SMILES string of the molecule is COc1ccc(Cn2cc3cc(-n4nc(-c5cccc6nn(CC(C)c7ccccc7)cc56)c(C(C)C)c4C)c(C)nc3n2)cc1. The van der Waals surface area contributed by atoms with Gasteiger partial charge in [-0.1, -0.05) is 75.4 Å². The van der Waals surface area contributed by atoms with Crippen LogP contribution in [0.25, 0.3) is 38.9 Å². The van der Waals surface area contributed by atoms with Gasteiger partial charge in [0.05, 0.1) is 36.2 Å². The Labute approximate surface area is 269 Å². The summed E-state index contributed by atoms with van der Waals surface area (Å²) in [4.78, 5) is 4.92. The van der Waals surface area contributed by atoms with E-state index in [1.807, 2.05) is 23.7 Å². The Morgan fingerprint density at radius 1 is 0.804 bits per heavy atom. The van der Waals surface area contributed by atoms with Crippen LogP contribution in [0, 0.1) is 13.8 Å². The van der Waals surface area contributed by atoms with Crippen molar-refractivity contribution in [2.75, 3.05) is 7.11 Å². The number of nitrogens with zero attached hydrogens (tertiary/aromatic N) is 7. The molecule has 0 aliphatic carbocycles. The fourth-order valence-corrected chi connectivity index (χ4v) is 6.50. The molecule has 1 unspecified atom stereocenters. The van der Waals surface area contributed by atoms with Crippen LogP contribution >= 0.6 is 0 Å². The molecule has 0 aliphatic heterocycles. The summed E-state index contributed by atoms with van der Waals surface area (Å²) < 4.78 is 11.4. The quantitative estimate of drug-likeness (QED) is 0.165. The maximum atomic E-state index is 5.30. The van der Waals surface area contributed by atoms with Crippen molar-refractivity contribution in [2.24, 2.45) is 0 Å². The molecule has 4 heterocycles. The van der Waals surface area contributed by atoms with Crippen molar-refractivity contribution in [3.05, 3.63) is 119 Å². The Bertz CT molecular complexity index is 2150. The van der Waals surface area contributed by atoms with E-state index in [1.54, 1.807) is 7.11 Å². The summed E-state index contributed by atoms with van der Waals surface area (Å²) >= 11 is 0. The first-order valence-electron chi connectivity index (χ1n) is 15.9. The van der Waals surface area contributed by atoms with Crippen LogP contribution in [0.2, 0.25) is 0 Å². The highest BCUT2D eigenvalue weighted by atomic mass is 16.5. The maximum absolute atomic E-state index is 5.30. The zero-order chi connectivity index (χ0) is 31.9. The summed E-state index contributed by atoms with van der Waals surface area (Å²) in [5.41, 5.74) is 10.4. The highest BCUT2D eigenvalue weighted by Gasteiger charge is 2.23. The number of hydrogen-bond acceptors (Lipinski definition) is 5. The monoisotopic (exact) mass is 609 g/mol. The van der Waals surface area contributed by atoms with Gasteiger partial charge in [-0.2, -0.15) is 15.3 Å². The lowest BCUT2D eigenvalue weighted by Crippen LogP contribution is -2.06. The molecule has 8 nitrogen and oxygen atoms in total. The largest absolute Gasteiger partial charge is 0.497 e. The predicted octanol–water partition coefficient (Wildman–Crippen LogP) is 8.23. The Balaban J connectivity index is 1.26. The minimum atomic E-state index is 0.274. The average molecular weight is 610 g/mol. The van der Waals surface area contributed by atoms with Crippen molar-refractivity contribution in [1.29, 1.82) is 0 Å². The smallest absolute Gasteiger partial charge is 0.181 e. The third-order valence-corrected chi connectivity index (χ3v) is 8.86. The van der Waals surface area contributed by atoms with Crippen LogP contribution in [0.15, 0.2) is 91.3 Å². The van der Waals surface area contributed by atoms with E-state index in [-0.39, 0.29) is 5.92 Å². The van der Waals surface area contributed by atoms with Gasteiger partial charge in [-0.25, -0.2) is 9.67 Å². The molecule has 0 N–H and O–H groups in total. The summed E-state index contributed by atoms with van der Waals surface area (Å²) in [5, 5.41) is 17.1. The molecule has 7 rings (SSSR count). The van der Waals surface area contributed by atoms with Crippen molar-refractivity contribution in [3.63, 3.8) is 0 Å². The molecule has 0 radical (unpaired) electrons. The van der Waals surface area contributed by atoms with E-state index >= 15 is 0 Å². The molecule has 0 amide bonds. The van der Waals surface area contributed by atoms with Gasteiger partial charge in [-0.3, -0.25) is 9.36 Å². The Morgan fingerprint density at radius 3 is 2.33 bits per heavy atom. The van der Waals surface area contributed by atoms with Crippen molar-refractivity contribution in [1.82, 2.24) is 34.3 Å². The molecule has 0 saturated heterocycles. The number of fused-ring (bicyclic) bond motifs is 2. The van der Waals surface area contributed by atoms with Crippen LogP contribution in [0.4, 0.5) is 0 Å². The molecule has 1 atom stereocenters. The highest BCUT2D eigenvalue weighted by molar-refractivity contribution is 5.94. The Morgan fingerprint density at radius 2 is 1.59 bits per heavy atom. The standard InChI is InChI=1S/C38H39N7O/c1-24(2)36-27(5)45(35-19-30-22-44(42-38(30)39-26(35)4)21-28-15-17-31(46-6)18-16-28)41-37(36)32-13-10-14-34-33(32)23-43(40-34)20-25(3)29-11-8-7-9-12-29/h7-19,22-25H,20-21H2,1-6H3. The van der Waals surface area contributed by atoms with E-state index in [9.17, 15) is 0 Å². The van der Waals surface area contributed by atoms with E-state index in [0.29, 0.717) is 12.5 Å². The number of aromatic nitrogens is 7. The molecule has 0 spiro atoms. The van der Waals surface area contributed by atoms with Gasteiger partial charge in [0.1, 0.15) is 5.75 Å². The summed E-state index contributed by atoms with van der Waals surface area (Å²) in [6, 6.07) is 27.2. The van der Waals surface area contributed by atoms with E-state index < -0.39 is 0 Å². The van der Waals surface area contributed by atoms with Gasteiger partial charge in [0, 0.05) is 52.4 Å². The van der Waals surface area contributed by atoms with Gasteiger partial charge in [0.25, 0.3) is 0 Å². The lowest BCUT2D eigenvalue weighted by atomic mass is 9.95. The van der Waals surface area contributed by atoms with Crippen LogP contribution in [-0.4, -0.2) is 41.4 Å². The number of pyridine rings is 1.